The van der Waals surface area contributed by atoms with Gasteiger partial charge in [-0.25, -0.2) is 0 Å². The van der Waals surface area contributed by atoms with Crippen LogP contribution in [-0.4, -0.2) is 0 Å². The van der Waals surface area contributed by atoms with Gasteiger partial charge in [0.2, 0.25) is 0 Å². The molecule has 0 unspecified atom stereocenters. The van der Waals surface area contributed by atoms with Crippen LogP contribution in [0.5, 0.6) is 0 Å². The summed E-state index contributed by atoms with van der Waals surface area (Å²) in [6, 6.07) is 57.3. The topological polar surface area (TPSA) is 13.1 Å². The number of furan rings is 1. The van der Waals surface area contributed by atoms with Crippen LogP contribution in [0.1, 0.15) is 0 Å². The van der Waals surface area contributed by atoms with Crippen molar-refractivity contribution in [2.24, 2.45) is 0 Å². The van der Waals surface area contributed by atoms with Crippen LogP contribution in [0.2, 0.25) is 0 Å². The molecule has 0 amide bonds. The largest absolute Gasteiger partial charge is 0.455 e. The molecule has 0 saturated heterocycles. The lowest BCUT2D eigenvalue weighted by Gasteiger charge is -2.19. The molecule has 0 spiro atoms. The Morgan fingerprint density at radius 3 is 1.47 bits per heavy atom. The van der Waals surface area contributed by atoms with Crippen LogP contribution in [0.3, 0.4) is 0 Å². The summed E-state index contributed by atoms with van der Waals surface area (Å²) in [7, 11) is 0. The van der Waals surface area contributed by atoms with Gasteiger partial charge in [-0.15, -0.1) is 0 Å². The van der Waals surface area contributed by atoms with Gasteiger partial charge in [-0.05, 0) is 88.9 Å². The Hall–Kier alpha value is -5.92. The van der Waals surface area contributed by atoms with E-state index < -0.39 is 0 Å². The Morgan fingerprint density at radius 2 is 0.800 bits per heavy atom. The van der Waals surface area contributed by atoms with Crippen LogP contribution < -0.4 is 0 Å². The summed E-state index contributed by atoms with van der Waals surface area (Å²) in [5.74, 6) is 0. The van der Waals surface area contributed by atoms with E-state index in [4.69, 9.17) is 4.42 Å². The maximum Gasteiger partial charge on any atom is 0.143 e. The van der Waals surface area contributed by atoms with Crippen LogP contribution in [0.15, 0.2) is 162 Å². The Balaban J connectivity index is 1.43. The second kappa shape index (κ2) is 9.29. The second-order valence-corrected chi connectivity index (χ2v) is 12.0. The predicted molar refractivity (Wildman–Crippen MR) is 192 cm³/mol. The lowest BCUT2D eigenvalue weighted by molar-refractivity contribution is 0.673. The van der Waals surface area contributed by atoms with Gasteiger partial charge in [0.15, 0.2) is 0 Å². The molecule has 0 N–H and O–H groups in total. The highest BCUT2D eigenvalue weighted by Gasteiger charge is 2.22. The summed E-state index contributed by atoms with van der Waals surface area (Å²) in [5, 5.41) is 14.5. The van der Waals surface area contributed by atoms with Crippen molar-refractivity contribution < 1.29 is 4.42 Å². The van der Waals surface area contributed by atoms with E-state index in [9.17, 15) is 0 Å². The fourth-order valence-electron chi connectivity index (χ4n) is 7.65. The Morgan fingerprint density at radius 1 is 0.311 bits per heavy atom. The number of hydrogen-bond acceptors (Lipinski definition) is 1. The van der Waals surface area contributed by atoms with Crippen LogP contribution in [0.25, 0.3) is 98.1 Å². The Labute approximate surface area is 259 Å². The zero-order valence-corrected chi connectivity index (χ0v) is 24.4. The average Bonchev–Trinajstić information content (AvgIpc) is 3.48. The third-order valence-electron chi connectivity index (χ3n) is 9.59. The van der Waals surface area contributed by atoms with Crippen LogP contribution in [0.4, 0.5) is 0 Å². The standard InChI is InChI=1S/C44H26O/c1-2-14-29-26-40-38(24-28(29)13-1)43-39(25-30-15-4-6-18-32(30)44(43)45-40)42-36-21-9-7-19-34(36)41(35-20-8-10-22-37(35)42)33-23-11-16-27-12-3-5-17-31(27)33/h1-26H. The molecule has 208 valence electrons. The maximum absolute atomic E-state index is 6.80. The van der Waals surface area contributed by atoms with E-state index in [1.54, 1.807) is 0 Å². The van der Waals surface area contributed by atoms with Crippen LogP contribution >= 0.6 is 0 Å². The molecule has 0 fully saturated rings. The molecule has 10 aromatic rings. The Kier molecular flexibility index (Phi) is 5.06. The molecule has 0 saturated carbocycles. The van der Waals surface area contributed by atoms with E-state index in [1.165, 1.54) is 76.1 Å². The molecular weight excluding hydrogens is 544 g/mol. The van der Waals surface area contributed by atoms with Gasteiger partial charge in [0.25, 0.3) is 0 Å². The fourth-order valence-corrected chi connectivity index (χ4v) is 7.65. The predicted octanol–water partition coefficient (Wildman–Crippen LogP) is 12.7. The summed E-state index contributed by atoms with van der Waals surface area (Å²) in [6.45, 7) is 0. The monoisotopic (exact) mass is 570 g/mol. The zero-order valence-electron chi connectivity index (χ0n) is 24.4. The quantitative estimate of drug-likeness (QED) is 0.188. The van der Waals surface area contributed by atoms with Gasteiger partial charge in [-0.1, -0.05) is 140 Å². The highest BCUT2D eigenvalue weighted by molar-refractivity contribution is 6.30. The highest BCUT2D eigenvalue weighted by Crippen LogP contribution is 2.49. The summed E-state index contributed by atoms with van der Waals surface area (Å²) in [4.78, 5) is 0. The third-order valence-corrected chi connectivity index (χ3v) is 9.59. The van der Waals surface area contributed by atoms with Gasteiger partial charge in [0, 0.05) is 16.2 Å². The summed E-state index contributed by atoms with van der Waals surface area (Å²) in [5.41, 5.74) is 6.85. The van der Waals surface area contributed by atoms with Crippen molar-refractivity contribution in [2.75, 3.05) is 0 Å². The summed E-state index contributed by atoms with van der Waals surface area (Å²) >= 11 is 0. The minimum absolute atomic E-state index is 0.919. The van der Waals surface area contributed by atoms with E-state index in [-0.39, 0.29) is 0 Å². The van der Waals surface area contributed by atoms with Gasteiger partial charge < -0.3 is 4.42 Å². The molecule has 0 bridgehead atoms. The lowest BCUT2D eigenvalue weighted by atomic mass is 9.83. The molecule has 1 nitrogen and oxygen atoms in total. The summed E-state index contributed by atoms with van der Waals surface area (Å²) in [6.07, 6.45) is 0. The molecular formula is C44H26O. The van der Waals surface area contributed by atoms with Crippen molar-refractivity contribution in [2.45, 2.75) is 0 Å². The highest BCUT2D eigenvalue weighted by atomic mass is 16.3. The van der Waals surface area contributed by atoms with Crippen molar-refractivity contribution in [1.82, 2.24) is 0 Å². The van der Waals surface area contributed by atoms with Crippen molar-refractivity contribution in [3.63, 3.8) is 0 Å². The van der Waals surface area contributed by atoms with E-state index >= 15 is 0 Å². The minimum Gasteiger partial charge on any atom is -0.455 e. The maximum atomic E-state index is 6.80. The first kappa shape index (κ1) is 24.5. The number of rotatable bonds is 2. The first-order valence-electron chi connectivity index (χ1n) is 15.5. The number of fused-ring (bicyclic) bond motifs is 9. The third kappa shape index (κ3) is 3.50. The van der Waals surface area contributed by atoms with Crippen LogP contribution in [0, 0.1) is 0 Å². The normalized spacial score (nSPS) is 12.0. The average molecular weight is 571 g/mol. The number of benzene rings is 9. The van der Waals surface area contributed by atoms with Crippen molar-refractivity contribution >= 4 is 75.8 Å². The molecule has 0 aliphatic heterocycles. The SMILES string of the molecule is c1ccc2cc3c(cc2c1)oc1c2ccccc2cc(-c2c4ccccc4c(-c4cccc5ccccc45)c4ccccc24)c31. The van der Waals surface area contributed by atoms with E-state index in [0.29, 0.717) is 0 Å². The van der Waals surface area contributed by atoms with Gasteiger partial charge in [0.05, 0.1) is 0 Å². The first-order valence-corrected chi connectivity index (χ1v) is 15.5. The molecule has 0 radical (unpaired) electrons. The smallest absolute Gasteiger partial charge is 0.143 e. The molecule has 0 aliphatic rings. The summed E-state index contributed by atoms with van der Waals surface area (Å²) < 4.78 is 6.80. The van der Waals surface area contributed by atoms with E-state index in [1.807, 2.05) is 0 Å². The van der Waals surface area contributed by atoms with Crippen LogP contribution in [-0.2, 0) is 0 Å². The van der Waals surface area contributed by atoms with Gasteiger partial charge in [0.1, 0.15) is 11.2 Å². The van der Waals surface area contributed by atoms with Gasteiger partial charge in [-0.2, -0.15) is 0 Å². The van der Waals surface area contributed by atoms with E-state index in [0.717, 1.165) is 21.9 Å². The molecule has 0 atom stereocenters. The van der Waals surface area contributed by atoms with Crippen molar-refractivity contribution in [1.29, 1.82) is 0 Å². The molecule has 9 aromatic carbocycles. The molecule has 45 heavy (non-hydrogen) atoms. The minimum atomic E-state index is 0.919. The van der Waals surface area contributed by atoms with Gasteiger partial charge in [-0.3, -0.25) is 0 Å². The van der Waals surface area contributed by atoms with Crippen molar-refractivity contribution in [3.05, 3.63) is 158 Å². The number of hydrogen-bond donors (Lipinski definition) is 0. The molecule has 10 rings (SSSR count). The van der Waals surface area contributed by atoms with Gasteiger partial charge >= 0.3 is 0 Å². The lowest BCUT2D eigenvalue weighted by Crippen LogP contribution is -1.92. The Bertz CT molecular complexity index is 2750. The molecule has 1 heteroatoms. The molecule has 1 aromatic heterocycles. The van der Waals surface area contributed by atoms with Crippen molar-refractivity contribution in [3.8, 4) is 22.3 Å². The first-order chi connectivity index (χ1) is 22.3. The fraction of sp³-hybridized carbons (Fsp3) is 0. The molecule has 0 aliphatic carbocycles. The van der Waals surface area contributed by atoms with E-state index in [2.05, 4.69) is 158 Å². The second-order valence-electron chi connectivity index (χ2n) is 12.0. The zero-order chi connectivity index (χ0) is 29.5. The molecule has 1 heterocycles.